The van der Waals surface area contributed by atoms with Gasteiger partial charge < -0.3 is 9.80 Å². The monoisotopic (exact) mass is 289 g/mol. The maximum absolute atomic E-state index is 12.5. The minimum atomic E-state index is -0.0729. The molecule has 2 atom stereocenters. The van der Waals surface area contributed by atoms with Crippen molar-refractivity contribution in [1.29, 1.82) is 0 Å². The van der Waals surface area contributed by atoms with Gasteiger partial charge >= 0.3 is 0 Å². The molecule has 0 radical (unpaired) electrons. The van der Waals surface area contributed by atoms with Crippen LogP contribution < -0.4 is 5.32 Å². The Hall–Kier alpha value is -1.39. The van der Waals surface area contributed by atoms with Crippen LogP contribution in [0.15, 0.2) is 30.3 Å². The summed E-state index contributed by atoms with van der Waals surface area (Å²) >= 11 is 0. The third-order valence-electron chi connectivity index (χ3n) is 4.03. The summed E-state index contributed by atoms with van der Waals surface area (Å²) in [4.78, 5) is 16.7. The molecule has 1 aliphatic rings. The van der Waals surface area contributed by atoms with Gasteiger partial charge in [0, 0.05) is 6.54 Å². The lowest BCUT2D eigenvalue weighted by Crippen LogP contribution is -2.35. The Morgan fingerprint density at radius 2 is 1.90 bits per heavy atom. The lowest BCUT2D eigenvalue weighted by molar-refractivity contribution is -0.129. The zero-order valence-corrected chi connectivity index (χ0v) is 13.4. The Morgan fingerprint density at radius 1 is 1.19 bits per heavy atom. The van der Waals surface area contributed by atoms with E-state index in [1.54, 1.807) is 0 Å². The molecule has 4 heteroatoms. The number of nitrogens with one attached hydrogen (secondary N) is 1. The van der Waals surface area contributed by atoms with Gasteiger partial charge in [-0.15, -0.1) is 0 Å². The van der Waals surface area contributed by atoms with Crippen molar-refractivity contribution in [2.24, 2.45) is 0 Å². The highest BCUT2D eigenvalue weighted by atomic mass is 16.2. The number of nitrogens with zero attached hydrogens (tertiary/aromatic N) is 2. The molecule has 0 aliphatic carbocycles. The van der Waals surface area contributed by atoms with Gasteiger partial charge in [-0.25, -0.2) is 0 Å². The van der Waals surface area contributed by atoms with E-state index < -0.39 is 0 Å². The average molecular weight is 289 g/mol. The van der Waals surface area contributed by atoms with E-state index in [0.717, 1.165) is 32.4 Å². The quantitative estimate of drug-likeness (QED) is 0.776. The van der Waals surface area contributed by atoms with Crippen LogP contribution in [-0.2, 0) is 11.2 Å². The van der Waals surface area contributed by atoms with Gasteiger partial charge in [-0.3, -0.25) is 10.1 Å². The van der Waals surface area contributed by atoms with E-state index in [1.165, 1.54) is 5.56 Å². The largest absolute Gasteiger partial charge is 0.326 e. The molecule has 0 saturated carbocycles. The van der Waals surface area contributed by atoms with Crippen LogP contribution in [0.1, 0.15) is 25.3 Å². The van der Waals surface area contributed by atoms with Crippen LogP contribution in [0.25, 0.3) is 0 Å². The molecule has 21 heavy (non-hydrogen) atoms. The van der Waals surface area contributed by atoms with Crippen molar-refractivity contribution in [3.05, 3.63) is 35.9 Å². The van der Waals surface area contributed by atoms with Crippen molar-refractivity contribution in [2.75, 3.05) is 27.2 Å². The normalized spacial score (nSPS) is 22.3. The predicted octanol–water partition coefficient (Wildman–Crippen LogP) is 1.72. The summed E-state index contributed by atoms with van der Waals surface area (Å²) in [6, 6.07) is 10.1. The minimum Gasteiger partial charge on any atom is -0.326 e. The van der Waals surface area contributed by atoms with Crippen LogP contribution in [0.5, 0.6) is 0 Å². The fourth-order valence-corrected chi connectivity index (χ4v) is 2.85. The molecule has 1 aliphatic heterocycles. The standard InChI is InChI=1S/C17H27N3O/c1-14-18-16(13-15-9-5-4-6-10-15)17(21)20(14)12-8-7-11-19(2)3/h4-6,9-10,14,16,18H,7-8,11-13H2,1-3H3. The fourth-order valence-electron chi connectivity index (χ4n) is 2.85. The first kappa shape index (κ1) is 16.0. The molecule has 1 N–H and O–H groups in total. The first-order valence-electron chi connectivity index (χ1n) is 7.83. The Balaban J connectivity index is 1.83. The van der Waals surface area contributed by atoms with Gasteiger partial charge in [-0.2, -0.15) is 0 Å². The number of hydrogen-bond acceptors (Lipinski definition) is 3. The zero-order chi connectivity index (χ0) is 15.2. The third-order valence-corrected chi connectivity index (χ3v) is 4.03. The second-order valence-corrected chi connectivity index (χ2v) is 6.13. The molecule has 1 amide bonds. The first-order valence-corrected chi connectivity index (χ1v) is 7.83. The predicted molar refractivity (Wildman–Crippen MR) is 86.0 cm³/mol. The number of carbonyl (C=O) groups is 1. The number of unbranched alkanes of at least 4 members (excludes halogenated alkanes) is 1. The van der Waals surface area contributed by atoms with Gasteiger partial charge in [0.25, 0.3) is 0 Å². The number of amides is 1. The van der Waals surface area contributed by atoms with E-state index >= 15 is 0 Å². The van der Waals surface area contributed by atoms with Crippen LogP contribution >= 0.6 is 0 Å². The molecule has 1 heterocycles. The molecule has 1 saturated heterocycles. The topological polar surface area (TPSA) is 35.6 Å². The molecule has 1 fully saturated rings. The molecule has 0 bridgehead atoms. The maximum atomic E-state index is 12.5. The Morgan fingerprint density at radius 3 is 2.57 bits per heavy atom. The summed E-state index contributed by atoms with van der Waals surface area (Å²) in [7, 11) is 4.17. The van der Waals surface area contributed by atoms with E-state index in [0.29, 0.717) is 0 Å². The number of benzene rings is 1. The highest BCUT2D eigenvalue weighted by Crippen LogP contribution is 2.15. The van der Waals surface area contributed by atoms with Crippen LogP contribution in [0.2, 0.25) is 0 Å². The van der Waals surface area contributed by atoms with Gasteiger partial charge in [0.15, 0.2) is 0 Å². The first-order chi connectivity index (χ1) is 10.1. The van der Waals surface area contributed by atoms with Gasteiger partial charge in [-0.1, -0.05) is 30.3 Å². The average Bonchev–Trinajstić information content (AvgIpc) is 2.71. The molecule has 116 valence electrons. The second kappa shape index (κ2) is 7.57. The van der Waals surface area contributed by atoms with Gasteiger partial charge in [-0.05, 0) is 52.4 Å². The van der Waals surface area contributed by atoms with Crippen LogP contribution in [-0.4, -0.2) is 55.1 Å². The van der Waals surface area contributed by atoms with E-state index in [-0.39, 0.29) is 18.1 Å². The smallest absolute Gasteiger partial charge is 0.241 e. The van der Waals surface area contributed by atoms with Gasteiger partial charge in [0.1, 0.15) is 0 Å². The molecular formula is C17H27N3O. The van der Waals surface area contributed by atoms with Gasteiger partial charge in [0.05, 0.1) is 12.2 Å². The number of rotatable bonds is 7. The Labute approximate surface area is 128 Å². The SMILES string of the molecule is CC1NC(Cc2ccccc2)C(=O)N1CCCCN(C)C. The summed E-state index contributed by atoms with van der Waals surface area (Å²) in [5, 5.41) is 3.42. The molecule has 1 aromatic carbocycles. The lowest BCUT2D eigenvalue weighted by Gasteiger charge is -2.21. The maximum Gasteiger partial charge on any atom is 0.241 e. The van der Waals surface area contributed by atoms with Crippen molar-refractivity contribution in [3.8, 4) is 0 Å². The number of hydrogen-bond donors (Lipinski definition) is 1. The highest BCUT2D eigenvalue weighted by molar-refractivity contribution is 5.84. The molecular weight excluding hydrogens is 262 g/mol. The summed E-state index contributed by atoms with van der Waals surface area (Å²) in [6.45, 7) is 4.01. The molecule has 0 aromatic heterocycles. The summed E-state index contributed by atoms with van der Waals surface area (Å²) in [5.41, 5.74) is 1.21. The highest BCUT2D eigenvalue weighted by Gasteiger charge is 2.35. The van der Waals surface area contributed by atoms with Crippen molar-refractivity contribution in [3.63, 3.8) is 0 Å². The van der Waals surface area contributed by atoms with E-state index in [2.05, 4.69) is 43.4 Å². The lowest BCUT2D eigenvalue weighted by atomic mass is 10.1. The van der Waals surface area contributed by atoms with Gasteiger partial charge in [0.2, 0.25) is 5.91 Å². The molecule has 4 nitrogen and oxygen atoms in total. The van der Waals surface area contributed by atoms with Crippen molar-refractivity contribution in [1.82, 2.24) is 15.1 Å². The Bertz CT molecular complexity index is 447. The van der Waals surface area contributed by atoms with E-state index in [1.807, 2.05) is 23.1 Å². The van der Waals surface area contributed by atoms with Crippen molar-refractivity contribution < 1.29 is 4.79 Å². The summed E-state index contributed by atoms with van der Waals surface area (Å²) < 4.78 is 0. The van der Waals surface area contributed by atoms with Crippen LogP contribution in [0.4, 0.5) is 0 Å². The van der Waals surface area contributed by atoms with E-state index in [9.17, 15) is 4.79 Å². The second-order valence-electron chi connectivity index (χ2n) is 6.13. The third kappa shape index (κ3) is 4.55. The Kier molecular flexibility index (Phi) is 5.76. The zero-order valence-electron chi connectivity index (χ0n) is 13.4. The van der Waals surface area contributed by atoms with Crippen molar-refractivity contribution in [2.45, 2.75) is 38.4 Å². The van der Waals surface area contributed by atoms with Crippen LogP contribution in [0.3, 0.4) is 0 Å². The molecule has 0 spiro atoms. The minimum absolute atomic E-state index is 0.0729. The molecule has 2 unspecified atom stereocenters. The van der Waals surface area contributed by atoms with Crippen LogP contribution in [0, 0.1) is 0 Å². The summed E-state index contributed by atoms with van der Waals surface area (Å²) in [5.74, 6) is 0.246. The summed E-state index contributed by atoms with van der Waals surface area (Å²) in [6.07, 6.45) is 3.12. The molecule has 1 aromatic rings. The van der Waals surface area contributed by atoms with Crippen molar-refractivity contribution >= 4 is 5.91 Å². The fraction of sp³-hybridized carbons (Fsp3) is 0.588. The number of carbonyl (C=O) groups excluding carboxylic acids is 1. The molecule has 2 rings (SSSR count). The van der Waals surface area contributed by atoms with E-state index in [4.69, 9.17) is 0 Å².